The first kappa shape index (κ1) is 29.2. The van der Waals surface area contributed by atoms with Crippen LogP contribution in [-0.4, -0.2) is 23.2 Å². The highest BCUT2D eigenvalue weighted by Crippen LogP contribution is 2.35. The lowest BCUT2D eigenvalue weighted by Crippen LogP contribution is -2.26. The van der Waals surface area contributed by atoms with Gasteiger partial charge in [0, 0.05) is 24.5 Å². The van der Waals surface area contributed by atoms with E-state index in [1.54, 1.807) is 4.57 Å². The summed E-state index contributed by atoms with van der Waals surface area (Å²) in [6, 6.07) is 5.59. The fourth-order valence-corrected chi connectivity index (χ4v) is 4.04. The van der Waals surface area contributed by atoms with Crippen molar-refractivity contribution >= 4 is 22.5 Å². The van der Waals surface area contributed by atoms with Crippen LogP contribution < -0.4 is 20.3 Å². The van der Waals surface area contributed by atoms with Gasteiger partial charge in [-0.15, -0.1) is 0 Å². The molecule has 0 spiro atoms. The smallest absolute Gasteiger partial charge is 0.297 e. The van der Waals surface area contributed by atoms with Crippen molar-refractivity contribution in [2.45, 2.75) is 99.6 Å². The molecule has 36 heavy (non-hydrogen) atoms. The number of ether oxygens (including phenoxy) is 2. The van der Waals surface area contributed by atoms with Gasteiger partial charge in [-0.2, -0.15) is 0 Å². The largest absolute Gasteiger partial charge is 0.485 e. The molecular formula is C30H44N2O4. The first-order chi connectivity index (χ1) is 17.1. The molecule has 0 unspecified atom stereocenters. The Hall–Kier alpha value is -3.02. The van der Waals surface area contributed by atoms with Crippen LogP contribution in [0.15, 0.2) is 46.3 Å². The standard InChI is InChI=1S/C30H44N2O4/c1-8-9-10-11-18-32-27-20-25(31-24(7)33)15-16-26(27)28(29(30(32)34)36-22(4)5)35-19-17-23(6)14-12-13-21(2)3/h13,15-17,20,22H,8-12,14,18-19H2,1-7H3,(H,31,33)/b23-17+. The lowest BCUT2D eigenvalue weighted by atomic mass is 10.1. The molecule has 1 N–H and O–H groups in total. The molecule has 2 aromatic rings. The third-order valence-electron chi connectivity index (χ3n) is 5.84. The van der Waals surface area contributed by atoms with E-state index in [4.69, 9.17) is 9.47 Å². The van der Waals surface area contributed by atoms with Crippen molar-refractivity contribution in [1.82, 2.24) is 4.57 Å². The molecule has 198 valence electrons. The molecule has 2 rings (SSSR count). The maximum absolute atomic E-state index is 13.7. The van der Waals surface area contributed by atoms with Crippen LogP contribution in [0.5, 0.6) is 11.5 Å². The van der Waals surface area contributed by atoms with Gasteiger partial charge in [0.15, 0.2) is 5.75 Å². The van der Waals surface area contributed by atoms with E-state index in [1.165, 1.54) is 18.1 Å². The van der Waals surface area contributed by atoms with E-state index in [0.29, 0.717) is 24.6 Å². The predicted octanol–water partition coefficient (Wildman–Crippen LogP) is 7.40. The van der Waals surface area contributed by atoms with E-state index in [9.17, 15) is 9.59 Å². The van der Waals surface area contributed by atoms with E-state index in [-0.39, 0.29) is 23.3 Å². The molecule has 0 aliphatic rings. The van der Waals surface area contributed by atoms with Crippen molar-refractivity contribution in [1.29, 1.82) is 0 Å². The number of pyridine rings is 1. The summed E-state index contributed by atoms with van der Waals surface area (Å²) in [6.45, 7) is 14.7. The van der Waals surface area contributed by atoms with Crippen LogP contribution in [0.1, 0.15) is 87.0 Å². The number of anilines is 1. The summed E-state index contributed by atoms with van der Waals surface area (Å²) < 4.78 is 14.0. The molecule has 6 nitrogen and oxygen atoms in total. The first-order valence-electron chi connectivity index (χ1n) is 13.2. The number of aromatic nitrogens is 1. The molecule has 1 aromatic carbocycles. The van der Waals surface area contributed by atoms with Gasteiger partial charge >= 0.3 is 0 Å². The Labute approximate surface area is 216 Å². The number of carbonyl (C=O) groups is 1. The van der Waals surface area contributed by atoms with Crippen molar-refractivity contribution in [2.75, 3.05) is 11.9 Å². The Balaban J connectivity index is 2.52. The molecular weight excluding hydrogens is 452 g/mol. The molecule has 0 atom stereocenters. The van der Waals surface area contributed by atoms with E-state index in [1.807, 2.05) is 32.0 Å². The summed E-state index contributed by atoms with van der Waals surface area (Å²) in [7, 11) is 0. The molecule has 6 heteroatoms. The number of hydrogen-bond donors (Lipinski definition) is 1. The van der Waals surface area contributed by atoms with Crippen molar-refractivity contribution in [2.24, 2.45) is 0 Å². The molecule has 0 saturated carbocycles. The Morgan fingerprint density at radius 3 is 2.44 bits per heavy atom. The molecule has 1 amide bonds. The predicted molar refractivity (Wildman–Crippen MR) is 150 cm³/mol. The highest BCUT2D eigenvalue weighted by molar-refractivity contribution is 5.94. The summed E-state index contributed by atoms with van der Waals surface area (Å²) in [6.07, 6.45) is 10.3. The zero-order valence-electron chi connectivity index (χ0n) is 23.2. The van der Waals surface area contributed by atoms with Gasteiger partial charge in [0.25, 0.3) is 5.56 Å². The van der Waals surface area contributed by atoms with Gasteiger partial charge in [0.1, 0.15) is 6.61 Å². The number of fused-ring (bicyclic) bond motifs is 1. The maximum atomic E-state index is 13.7. The molecule has 0 bridgehead atoms. The zero-order chi connectivity index (χ0) is 26.7. The first-order valence-corrected chi connectivity index (χ1v) is 13.2. The van der Waals surface area contributed by atoms with Crippen LogP contribution in [0.25, 0.3) is 10.9 Å². The lowest BCUT2D eigenvalue weighted by Gasteiger charge is -2.20. The zero-order valence-corrected chi connectivity index (χ0v) is 23.2. The Morgan fingerprint density at radius 2 is 1.81 bits per heavy atom. The second-order valence-corrected chi connectivity index (χ2v) is 9.94. The minimum Gasteiger partial charge on any atom is -0.485 e. The highest BCUT2D eigenvalue weighted by Gasteiger charge is 2.21. The number of aryl methyl sites for hydroxylation is 1. The second-order valence-electron chi connectivity index (χ2n) is 9.94. The summed E-state index contributed by atoms with van der Waals surface area (Å²) in [5, 5.41) is 3.63. The van der Waals surface area contributed by atoms with Crippen molar-refractivity contribution in [3.05, 3.63) is 51.9 Å². The molecule has 1 aromatic heterocycles. The number of nitrogens with zero attached hydrogens (tertiary/aromatic N) is 1. The summed E-state index contributed by atoms with van der Waals surface area (Å²) in [5.41, 5.74) is 3.73. The van der Waals surface area contributed by atoms with Gasteiger partial charge in [-0.1, -0.05) is 43.4 Å². The molecule has 0 saturated heterocycles. The SMILES string of the molecule is CCCCCCn1c(=O)c(OC(C)C)c(OC/C=C(\C)CCC=C(C)C)c2ccc(NC(C)=O)cc21. The third kappa shape index (κ3) is 8.89. The van der Waals surface area contributed by atoms with E-state index >= 15 is 0 Å². The van der Waals surface area contributed by atoms with Crippen molar-refractivity contribution in [3.63, 3.8) is 0 Å². The van der Waals surface area contributed by atoms with Crippen LogP contribution in [-0.2, 0) is 11.3 Å². The molecule has 0 radical (unpaired) electrons. The van der Waals surface area contributed by atoms with Gasteiger partial charge in [-0.05, 0) is 78.2 Å². The number of allylic oxidation sites excluding steroid dienone is 3. The summed E-state index contributed by atoms with van der Waals surface area (Å²) in [5.74, 6) is 0.545. The molecule has 0 aliphatic carbocycles. The quantitative estimate of drug-likeness (QED) is 0.218. The molecule has 0 aliphatic heterocycles. The lowest BCUT2D eigenvalue weighted by molar-refractivity contribution is -0.114. The normalized spacial score (nSPS) is 11.6. The number of unbranched alkanes of at least 4 members (excludes halogenated alkanes) is 3. The Bertz CT molecular complexity index is 1140. The van der Waals surface area contributed by atoms with Crippen LogP contribution in [0.4, 0.5) is 5.69 Å². The fourth-order valence-electron chi connectivity index (χ4n) is 4.04. The summed E-state index contributed by atoms with van der Waals surface area (Å²) in [4.78, 5) is 25.4. The number of nitrogens with one attached hydrogen (secondary N) is 1. The van der Waals surface area contributed by atoms with Gasteiger partial charge in [-0.25, -0.2) is 0 Å². The van der Waals surface area contributed by atoms with Crippen LogP contribution >= 0.6 is 0 Å². The second kappa shape index (κ2) is 14.5. The minimum atomic E-state index is -0.202. The Morgan fingerprint density at radius 1 is 1.06 bits per heavy atom. The summed E-state index contributed by atoms with van der Waals surface area (Å²) >= 11 is 0. The molecule has 1 heterocycles. The Kier molecular flexibility index (Phi) is 11.8. The number of benzene rings is 1. The van der Waals surface area contributed by atoms with Crippen LogP contribution in [0.2, 0.25) is 0 Å². The monoisotopic (exact) mass is 496 g/mol. The van der Waals surface area contributed by atoms with Crippen molar-refractivity contribution in [3.8, 4) is 11.5 Å². The van der Waals surface area contributed by atoms with Gasteiger partial charge in [-0.3, -0.25) is 9.59 Å². The maximum Gasteiger partial charge on any atom is 0.297 e. The fraction of sp³-hybridized carbons (Fsp3) is 0.533. The van der Waals surface area contributed by atoms with E-state index < -0.39 is 0 Å². The minimum absolute atomic E-state index is 0.156. The number of carbonyl (C=O) groups excluding carboxylic acids is 1. The van der Waals surface area contributed by atoms with Crippen LogP contribution in [0.3, 0.4) is 0 Å². The van der Waals surface area contributed by atoms with Crippen molar-refractivity contribution < 1.29 is 14.3 Å². The van der Waals surface area contributed by atoms with E-state index in [2.05, 4.69) is 45.2 Å². The van der Waals surface area contributed by atoms with Gasteiger partial charge in [0.05, 0.1) is 11.6 Å². The topological polar surface area (TPSA) is 69.6 Å². The highest BCUT2D eigenvalue weighted by atomic mass is 16.5. The van der Waals surface area contributed by atoms with Gasteiger partial charge in [0.2, 0.25) is 11.7 Å². The number of amides is 1. The molecule has 0 fully saturated rings. The number of hydrogen-bond acceptors (Lipinski definition) is 4. The average Bonchev–Trinajstić information content (AvgIpc) is 2.79. The average molecular weight is 497 g/mol. The number of rotatable bonds is 14. The third-order valence-corrected chi connectivity index (χ3v) is 5.84. The van der Waals surface area contributed by atoms with Gasteiger partial charge < -0.3 is 19.4 Å². The van der Waals surface area contributed by atoms with E-state index in [0.717, 1.165) is 49.4 Å². The van der Waals surface area contributed by atoms with Crippen LogP contribution in [0, 0.1) is 0 Å².